The van der Waals surface area contributed by atoms with Crippen LogP contribution >= 0.6 is 29.5 Å². The normalized spacial score (nSPS) is 12.4. The minimum absolute atomic E-state index is 0. The maximum Gasteiger partial charge on any atom is 0.488 e. The summed E-state index contributed by atoms with van der Waals surface area (Å²) >= 11 is 6.21. The van der Waals surface area contributed by atoms with Crippen molar-refractivity contribution in [1.82, 2.24) is 29.9 Å². The van der Waals surface area contributed by atoms with E-state index in [1.165, 1.54) is 38.9 Å². The zero-order valence-corrected chi connectivity index (χ0v) is 53.4. The monoisotopic (exact) mass is 1240 g/mol. The molecule has 8 aromatic carbocycles. The van der Waals surface area contributed by atoms with E-state index in [-0.39, 0.29) is 43.5 Å². The summed E-state index contributed by atoms with van der Waals surface area (Å²) < 4.78 is 0. The molecule has 2 atom stereocenters. The van der Waals surface area contributed by atoms with Crippen LogP contribution in [0.3, 0.4) is 0 Å². The van der Waals surface area contributed by atoms with Crippen molar-refractivity contribution in [2.45, 2.75) is 38.5 Å². The summed E-state index contributed by atoms with van der Waals surface area (Å²) in [5, 5.41) is 19.0. The largest absolute Gasteiger partial charge is 0.488 e. The van der Waals surface area contributed by atoms with Gasteiger partial charge in [-0.2, -0.15) is 0 Å². The fourth-order valence-corrected chi connectivity index (χ4v) is 11.3. The van der Waals surface area contributed by atoms with Gasteiger partial charge in [-0.15, -0.1) is 17.9 Å². The summed E-state index contributed by atoms with van der Waals surface area (Å²) in [5.74, 6) is 1.31. The van der Waals surface area contributed by atoms with Crippen LogP contribution in [0.2, 0.25) is 5.15 Å². The summed E-state index contributed by atoms with van der Waals surface area (Å²) in [4.78, 5) is 28.3. The van der Waals surface area contributed by atoms with E-state index in [1.54, 1.807) is 12.1 Å². The molecule has 0 fully saturated rings. The molecule has 4 aromatic heterocycles. The third-order valence-electron chi connectivity index (χ3n) is 15.5. The van der Waals surface area contributed by atoms with Crippen LogP contribution in [-0.2, 0) is 43.5 Å². The van der Waals surface area contributed by atoms with Gasteiger partial charge in [0.05, 0.1) is 28.5 Å². The maximum absolute atomic E-state index is 9.30. The summed E-state index contributed by atoms with van der Waals surface area (Å²) in [6.45, 7) is 8.96. The van der Waals surface area contributed by atoms with Crippen LogP contribution in [0.1, 0.15) is 49.9 Å². The molecule has 13 heteroatoms. The zero-order chi connectivity index (χ0) is 58.4. The van der Waals surface area contributed by atoms with Crippen molar-refractivity contribution in [3.05, 3.63) is 282 Å². The van der Waals surface area contributed by atoms with Gasteiger partial charge < -0.3 is 10.0 Å². The molecule has 2 unspecified atom stereocenters. The molecule has 1 radical (unpaired) electrons. The van der Waals surface area contributed by atoms with Gasteiger partial charge in [0.2, 0.25) is 0 Å². The van der Waals surface area contributed by atoms with Crippen LogP contribution in [-0.4, -0.2) is 47.1 Å². The molecular formula is C72H60BClN6O2P2Y. The molecule has 0 saturated carbocycles. The van der Waals surface area contributed by atoms with E-state index in [0.29, 0.717) is 22.3 Å². The Bertz CT molecular complexity index is 4260. The molecule has 0 aliphatic heterocycles. The second-order valence-corrected chi connectivity index (χ2v) is 21.9. The molecule has 2 aliphatic rings. The predicted molar refractivity (Wildman–Crippen MR) is 354 cm³/mol. The van der Waals surface area contributed by atoms with E-state index in [4.69, 9.17) is 26.6 Å². The van der Waals surface area contributed by atoms with E-state index in [0.717, 1.165) is 73.0 Å². The molecule has 8 nitrogen and oxygen atoms in total. The SMILES string of the molecule is CC1(C)c2ccccc2-c2ccc(-c3cc(-c4ccc(-c5ccccc5)nc4)nc(-c4ccccc4)n3)cc21.CC1(C)c2ccccc2-c2ccc(B(O)O)cc21.Clc1cc(-c2ccc(-c3ccccc3)nc2)nc(-c2ccccc2)n1.PP.[Y]. The Balaban J connectivity index is 0.000000150. The first kappa shape index (κ1) is 60.6. The first-order chi connectivity index (χ1) is 40.9. The van der Waals surface area contributed by atoms with Gasteiger partial charge in [0, 0.05) is 101 Å². The average molecular weight is 1240 g/mol. The smallest absolute Gasteiger partial charge is 0.423 e. The number of hydrogen-bond donors (Lipinski definition) is 2. The average Bonchev–Trinajstić information content (AvgIpc) is 1.78. The second-order valence-electron chi connectivity index (χ2n) is 21.5. The molecule has 0 spiro atoms. The Morgan fingerprint density at radius 3 is 1.15 bits per heavy atom. The van der Waals surface area contributed by atoms with Crippen molar-refractivity contribution >= 4 is 42.0 Å². The molecule has 0 saturated heterocycles. The Labute approximate surface area is 532 Å². The van der Waals surface area contributed by atoms with Crippen LogP contribution in [0.5, 0.6) is 0 Å². The van der Waals surface area contributed by atoms with Crippen molar-refractivity contribution in [3.8, 4) is 101 Å². The standard InChI is InChI=1S/C36H27N3.C21H14ClN3.C15H15BO2.H4P2.Y/c1-36(2)30-16-10-9-15-28(30)29-19-17-26(21-31(29)36)33-22-34(39-35(38-33)25-13-7-4-8-14-25)27-18-20-32(37-23-27)24-11-5-3-6-12-24;22-20-13-19(24-21(25-20)16-9-5-2-6-10-16)17-11-12-18(23-14-17)15-7-3-1-4-8-15;1-15(2)13-6-4-3-5-11(13)12-8-7-10(16(17)18)9-14(12)15;1-2;/h3-23H,1-2H3;1-14H;3-9,17-18H,1-2H3;1-2H2;. The van der Waals surface area contributed by atoms with Crippen molar-refractivity contribution < 1.29 is 42.8 Å². The quantitative estimate of drug-likeness (QED) is 0.0878. The number of halogens is 1. The van der Waals surface area contributed by atoms with Gasteiger partial charge >= 0.3 is 7.12 Å². The number of rotatable bonds is 8. The van der Waals surface area contributed by atoms with Crippen molar-refractivity contribution in [1.29, 1.82) is 0 Å². The zero-order valence-electron chi connectivity index (χ0n) is 47.5. The molecule has 0 amide bonds. The number of aromatic nitrogens is 6. The Morgan fingerprint density at radius 1 is 0.341 bits per heavy atom. The van der Waals surface area contributed by atoms with Crippen LogP contribution in [0, 0.1) is 0 Å². The van der Waals surface area contributed by atoms with Crippen molar-refractivity contribution in [3.63, 3.8) is 0 Å². The molecule has 413 valence electrons. The first-order valence-electron chi connectivity index (χ1n) is 27.7. The van der Waals surface area contributed by atoms with Gasteiger partial charge in [0.25, 0.3) is 0 Å². The van der Waals surface area contributed by atoms with Gasteiger partial charge in [0.15, 0.2) is 11.6 Å². The summed E-state index contributed by atoms with van der Waals surface area (Å²) in [5.41, 5.74) is 22.0. The Hall–Kier alpha value is -7.54. The minimum Gasteiger partial charge on any atom is -0.423 e. The fourth-order valence-electron chi connectivity index (χ4n) is 11.1. The van der Waals surface area contributed by atoms with Crippen LogP contribution < -0.4 is 5.46 Å². The third-order valence-corrected chi connectivity index (χ3v) is 15.7. The number of nitrogens with zero attached hydrogens (tertiary/aromatic N) is 6. The third kappa shape index (κ3) is 13.0. The van der Waals surface area contributed by atoms with E-state index < -0.39 is 7.12 Å². The van der Waals surface area contributed by atoms with E-state index in [1.807, 2.05) is 146 Å². The number of pyridine rings is 2. The topological polar surface area (TPSA) is 118 Å². The molecule has 12 aromatic rings. The van der Waals surface area contributed by atoms with Crippen LogP contribution in [0.25, 0.3) is 101 Å². The number of benzene rings is 8. The van der Waals surface area contributed by atoms with Crippen molar-refractivity contribution in [2.24, 2.45) is 0 Å². The van der Waals surface area contributed by atoms with Crippen LogP contribution in [0.4, 0.5) is 0 Å². The van der Waals surface area contributed by atoms with Crippen LogP contribution in [0.15, 0.2) is 255 Å². The molecule has 14 rings (SSSR count). The minimum atomic E-state index is -1.41. The molecule has 0 bridgehead atoms. The van der Waals surface area contributed by atoms with E-state index >= 15 is 0 Å². The van der Waals surface area contributed by atoms with E-state index in [2.05, 4.69) is 158 Å². The van der Waals surface area contributed by atoms with E-state index in [9.17, 15) is 10.0 Å². The molecule has 2 N–H and O–H groups in total. The summed E-state index contributed by atoms with van der Waals surface area (Å²) in [6, 6.07) is 81.8. The maximum atomic E-state index is 9.30. The summed E-state index contributed by atoms with van der Waals surface area (Å²) in [6.07, 6.45) is 3.72. The second kappa shape index (κ2) is 26.8. The molecule has 2 aliphatic carbocycles. The molecular weight excluding hydrogens is 1180 g/mol. The van der Waals surface area contributed by atoms with Gasteiger partial charge in [-0.25, -0.2) is 19.9 Å². The van der Waals surface area contributed by atoms with Gasteiger partial charge in [-0.05, 0) is 86.4 Å². The molecule has 85 heavy (non-hydrogen) atoms. The van der Waals surface area contributed by atoms with Gasteiger partial charge in [-0.1, -0.05) is 239 Å². The summed E-state index contributed by atoms with van der Waals surface area (Å²) in [7, 11) is 3.26. The van der Waals surface area contributed by atoms with Gasteiger partial charge in [-0.3, -0.25) is 9.97 Å². The predicted octanol–water partition coefficient (Wildman–Crippen LogP) is 16.7. The fraction of sp³-hybridized carbons (Fsp3) is 0.0833. The first-order valence-corrected chi connectivity index (χ1v) is 30.7. The van der Waals surface area contributed by atoms with Crippen molar-refractivity contribution in [2.75, 3.05) is 0 Å². The molecule has 4 heterocycles. The number of hydrogen-bond acceptors (Lipinski definition) is 8. The number of fused-ring (bicyclic) bond motifs is 6. The van der Waals surface area contributed by atoms with Gasteiger partial charge in [0.1, 0.15) is 5.15 Å². The Morgan fingerprint density at radius 2 is 0.706 bits per heavy atom. The Kier molecular flexibility index (Phi) is 19.1.